The van der Waals surface area contributed by atoms with E-state index in [1.807, 2.05) is 25.1 Å². The van der Waals surface area contributed by atoms with Gasteiger partial charge in [-0.3, -0.25) is 4.79 Å². The molecule has 1 atom stereocenters. The smallest absolute Gasteiger partial charge is 0.226 e. The number of nitrogens with one attached hydrogen (secondary N) is 1. The lowest BCUT2D eigenvalue weighted by Gasteiger charge is -2.24. The maximum absolute atomic E-state index is 14.5. The fourth-order valence-corrected chi connectivity index (χ4v) is 4.87. The van der Waals surface area contributed by atoms with Crippen molar-refractivity contribution < 1.29 is 13.6 Å². The van der Waals surface area contributed by atoms with Crippen LogP contribution >= 0.6 is 11.3 Å². The van der Waals surface area contributed by atoms with Gasteiger partial charge in [-0.1, -0.05) is 17.4 Å². The van der Waals surface area contributed by atoms with E-state index in [1.165, 1.54) is 11.3 Å². The molecule has 0 bridgehead atoms. The van der Waals surface area contributed by atoms with Crippen molar-refractivity contribution in [3.05, 3.63) is 70.4 Å². The Kier molecular flexibility index (Phi) is 3.99. The van der Waals surface area contributed by atoms with Crippen molar-refractivity contribution in [1.82, 2.24) is 14.8 Å². The number of thiazole rings is 1. The number of aryl methyl sites for hydroxylation is 2. The summed E-state index contributed by atoms with van der Waals surface area (Å²) in [4.78, 5) is 17.1. The molecule has 8 heteroatoms. The van der Waals surface area contributed by atoms with Gasteiger partial charge in [-0.2, -0.15) is 9.78 Å². The Balaban J connectivity index is 1.69. The van der Waals surface area contributed by atoms with Crippen molar-refractivity contribution in [3.8, 4) is 5.13 Å². The van der Waals surface area contributed by atoms with Crippen LogP contribution in [0.25, 0.3) is 15.3 Å². The minimum atomic E-state index is -0.611. The molecule has 0 fully saturated rings. The van der Waals surface area contributed by atoms with Crippen LogP contribution in [0.15, 0.2) is 36.4 Å². The minimum absolute atomic E-state index is 0.0267. The lowest BCUT2D eigenvalue weighted by atomic mass is 9.85. The summed E-state index contributed by atoms with van der Waals surface area (Å²) < 4.78 is 30.9. The average molecular weight is 410 g/mol. The highest BCUT2D eigenvalue weighted by Gasteiger charge is 2.34. The van der Waals surface area contributed by atoms with Gasteiger partial charge < -0.3 is 5.32 Å². The number of amides is 1. The first kappa shape index (κ1) is 17.9. The Morgan fingerprint density at radius 1 is 1.17 bits per heavy atom. The Bertz CT molecular complexity index is 1290. The van der Waals surface area contributed by atoms with E-state index >= 15 is 0 Å². The molecule has 1 unspecified atom stereocenters. The van der Waals surface area contributed by atoms with Crippen LogP contribution < -0.4 is 5.32 Å². The Morgan fingerprint density at radius 3 is 2.83 bits per heavy atom. The van der Waals surface area contributed by atoms with Gasteiger partial charge in [0.15, 0.2) is 0 Å². The maximum atomic E-state index is 14.5. The molecule has 29 heavy (non-hydrogen) atoms. The molecule has 3 heterocycles. The number of fused-ring (bicyclic) bond motifs is 2. The number of nitrogens with zero attached hydrogens (tertiary/aromatic N) is 3. The molecule has 0 saturated carbocycles. The molecular weight excluding hydrogens is 394 g/mol. The first-order valence-corrected chi connectivity index (χ1v) is 9.94. The van der Waals surface area contributed by atoms with Crippen molar-refractivity contribution in [2.45, 2.75) is 26.2 Å². The molecule has 2 aromatic carbocycles. The van der Waals surface area contributed by atoms with E-state index in [0.717, 1.165) is 34.0 Å². The van der Waals surface area contributed by atoms with Gasteiger partial charge in [-0.15, -0.1) is 0 Å². The third-order valence-electron chi connectivity index (χ3n) is 5.15. The second kappa shape index (κ2) is 6.45. The number of halogens is 2. The third kappa shape index (κ3) is 2.91. The summed E-state index contributed by atoms with van der Waals surface area (Å²) in [6.07, 6.45) is 0.0267. The number of hydrogen-bond acceptors (Lipinski definition) is 4. The second-order valence-corrected chi connectivity index (χ2v) is 8.21. The van der Waals surface area contributed by atoms with Crippen LogP contribution in [-0.2, 0) is 4.79 Å². The number of aromatic nitrogens is 3. The molecule has 1 amide bonds. The van der Waals surface area contributed by atoms with Gasteiger partial charge in [-0.25, -0.2) is 13.8 Å². The molecule has 0 saturated heterocycles. The molecule has 146 valence electrons. The van der Waals surface area contributed by atoms with Crippen molar-refractivity contribution in [2.75, 3.05) is 5.32 Å². The van der Waals surface area contributed by atoms with Crippen LogP contribution in [0, 0.1) is 25.5 Å². The largest absolute Gasteiger partial charge is 0.310 e. The second-order valence-electron chi connectivity index (χ2n) is 7.20. The molecule has 1 aliphatic heterocycles. The summed E-state index contributed by atoms with van der Waals surface area (Å²) in [6.45, 7) is 3.81. The first-order valence-electron chi connectivity index (χ1n) is 9.12. The third-order valence-corrected chi connectivity index (χ3v) is 6.14. The van der Waals surface area contributed by atoms with Crippen LogP contribution in [0.3, 0.4) is 0 Å². The SMILES string of the molecule is Cc1ccc2nc(-n3nc(C)c4c3NC(=O)CC4c3cc(F)ccc3F)sc2c1. The summed E-state index contributed by atoms with van der Waals surface area (Å²) in [5.41, 5.74) is 3.45. The van der Waals surface area contributed by atoms with Crippen molar-refractivity contribution >= 4 is 33.3 Å². The monoisotopic (exact) mass is 410 g/mol. The van der Waals surface area contributed by atoms with Crippen LogP contribution in [0.1, 0.15) is 34.7 Å². The Labute approximate surface area is 169 Å². The number of carbonyl (C=O) groups is 1. The number of anilines is 1. The van der Waals surface area contributed by atoms with Crippen LogP contribution in [0.5, 0.6) is 0 Å². The van der Waals surface area contributed by atoms with Gasteiger partial charge in [0.2, 0.25) is 11.0 Å². The van der Waals surface area contributed by atoms with Gasteiger partial charge >= 0.3 is 0 Å². The fourth-order valence-electron chi connectivity index (χ4n) is 3.84. The van der Waals surface area contributed by atoms with E-state index in [0.29, 0.717) is 22.2 Å². The van der Waals surface area contributed by atoms with Crippen molar-refractivity contribution in [1.29, 1.82) is 0 Å². The quantitative estimate of drug-likeness (QED) is 0.514. The maximum Gasteiger partial charge on any atom is 0.226 e. The van der Waals surface area contributed by atoms with Crippen LogP contribution in [0.4, 0.5) is 14.6 Å². The van der Waals surface area contributed by atoms with Gasteiger partial charge in [0.25, 0.3) is 0 Å². The Morgan fingerprint density at radius 2 is 2.00 bits per heavy atom. The zero-order chi connectivity index (χ0) is 20.3. The molecule has 1 aliphatic rings. The fraction of sp³-hybridized carbons (Fsp3) is 0.190. The number of benzene rings is 2. The highest BCUT2D eigenvalue weighted by molar-refractivity contribution is 7.20. The molecule has 0 aliphatic carbocycles. The number of rotatable bonds is 2. The molecule has 5 nitrogen and oxygen atoms in total. The zero-order valence-corrected chi connectivity index (χ0v) is 16.5. The highest BCUT2D eigenvalue weighted by Crippen LogP contribution is 2.42. The lowest BCUT2D eigenvalue weighted by Crippen LogP contribution is -2.25. The molecular formula is C21H16F2N4OS. The minimum Gasteiger partial charge on any atom is -0.310 e. The summed E-state index contributed by atoms with van der Waals surface area (Å²) in [5, 5.41) is 8.03. The molecule has 0 spiro atoms. The summed E-state index contributed by atoms with van der Waals surface area (Å²) in [5.74, 6) is -1.51. The normalized spacial score (nSPS) is 16.1. The molecule has 5 rings (SSSR count). The number of carbonyl (C=O) groups excluding carboxylic acids is 1. The van der Waals surface area contributed by atoms with Crippen LogP contribution in [-0.4, -0.2) is 20.7 Å². The van der Waals surface area contributed by atoms with E-state index in [4.69, 9.17) is 0 Å². The average Bonchev–Trinajstić information content (AvgIpc) is 3.23. The predicted molar refractivity (Wildman–Crippen MR) is 108 cm³/mol. The molecule has 0 radical (unpaired) electrons. The van der Waals surface area contributed by atoms with E-state index in [2.05, 4.69) is 15.4 Å². The topological polar surface area (TPSA) is 59.8 Å². The van der Waals surface area contributed by atoms with Crippen molar-refractivity contribution in [2.24, 2.45) is 0 Å². The van der Waals surface area contributed by atoms with E-state index < -0.39 is 17.6 Å². The molecule has 1 N–H and O–H groups in total. The summed E-state index contributed by atoms with van der Waals surface area (Å²) in [6, 6.07) is 9.29. The first-order chi connectivity index (χ1) is 13.9. The predicted octanol–water partition coefficient (Wildman–Crippen LogP) is 4.85. The van der Waals surface area contributed by atoms with Gasteiger partial charge in [0.05, 0.1) is 15.9 Å². The van der Waals surface area contributed by atoms with Crippen LogP contribution in [0.2, 0.25) is 0 Å². The van der Waals surface area contributed by atoms with Gasteiger partial charge in [0.1, 0.15) is 17.5 Å². The number of hydrogen-bond donors (Lipinski definition) is 1. The van der Waals surface area contributed by atoms with Gasteiger partial charge in [0, 0.05) is 17.9 Å². The Hall–Kier alpha value is -3.13. The molecule has 4 aromatic rings. The summed E-state index contributed by atoms with van der Waals surface area (Å²) >= 11 is 1.46. The van der Waals surface area contributed by atoms with E-state index in [-0.39, 0.29) is 17.9 Å². The summed E-state index contributed by atoms with van der Waals surface area (Å²) in [7, 11) is 0. The van der Waals surface area contributed by atoms with E-state index in [1.54, 1.807) is 11.6 Å². The highest BCUT2D eigenvalue weighted by atomic mass is 32.1. The standard InChI is InChI=1S/C21H16F2N4OS/c1-10-3-6-16-17(7-10)29-21(24-16)27-20-19(11(2)26-27)14(9-18(28)25-20)13-8-12(22)4-5-15(13)23/h3-8,14H,9H2,1-2H3,(H,25,28). The van der Waals surface area contributed by atoms with Crippen molar-refractivity contribution in [3.63, 3.8) is 0 Å². The van der Waals surface area contributed by atoms with Gasteiger partial charge in [-0.05, 0) is 55.3 Å². The lowest BCUT2D eigenvalue weighted by molar-refractivity contribution is -0.116. The zero-order valence-electron chi connectivity index (χ0n) is 15.7. The molecule has 2 aromatic heterocycles. The van der Waals surface area contributed by atoms with E-state index in [9.17, 15) is 13.6 Å².